The van der Waals surface area contributed by atoms with Crippen LogP contribution in [0.25, 0.3) is 0 Å². The van der Waals surface area contributed by atoms with Crippen LogP contribution >= 0.6 is 11.3 Å². The van der Waals surface area contributed by atoms with Crippen LogP contribution in [0.1, 0.15) is 47.8 Å². The van der Waals surface area contributed by atoms with Gasteiger partial charge < -0.3 is 10.5 Å². The van der Waals surface area contributed by atoms with Gasteiger partial charge in [-0.3, -0.25) is 0 Å². The summed E-state index contributed by atoms with van der Waals surface area (Å²) in [6.45, 7) is 7.79. The van der Waals surface area contributed by atoms with Crippen molar-refractivity contribution in [3.05, 3.63) is 45.4 Å². The molecule has 20 heavy (non-hydrogen) atoms. The monoisotopic (exact) mass is 288 g/mol. The van der Waals surface area contributed by atoms with Crippen molar-refractivity contribution in [2.75, 3.05) is 6.61 Å². The summed E-state index contributed by atoms with van der Waals surface area (Å²) >= 11 is 1.73. The van der Waals surface area contributed by atoms with E-state index >= 15 is 0 Å². The fourth-order valence-electron chi connectivity index (χ4n) is 2.61. The van der Waals surface area contributed by atoms with Crippen LogP contribution in [0.3, 0.4) is 0 Å². The van der Waals surface area contributed by atoms with E-state index in [-0.39, 0.29) is 11.3 Å². The van der Waals surface area contributed by atoms with Gasteiger partial charge in [-0.25, -0.2) is 4.98 Å². The van der Waals surface area contributed by atoms with Crippen molar-refractivity contribution in [1.29, 1.82) is 0 Å². The fraction of sp³-hybridized carbons (Fsp3) is 0.438. The van der Waals surface area contributed by atoms with Gasteiger partial charge >= 0.3 is 0 Å². The van der Waals surface area contributed by atoms with Crippen molar-refractivity contribution in [2.45, 2.75) is 38.6 Å². The Bertz CT molecular complexity index is 628. The predicted octanol–water partition coefficient (Wildman–Crippen LogP) is 3.42. The highest BCUT2D eigenvalue weighted by Gasteiger charge is 2.31. The van der Waals surface area contributed by atoms with Gasteiger partial charge in [-0.05, 0) is 6.07 Å². The Balaban J connectivity index is 2.03. The molecule has 3 rings (SSSR count). The molecule has 1 aliphatic rings. The van der Waals surface area contributed by atoms with Crippen LogP contribution in [0.5, 0.6) is 5.75 Å². The molecule has 0 saturated heterocycles. The number of ether oxygens (including phenoxy) is 1. The minimum Gasteiger partial charge on any atom is -0.492 e. The molecule has 0 saturated carbocycles. The SMILES string of the molecule is CC(C)(C)c1nc(C2COc3ccccc32)sc1CN. The number of thiazole rings is 1. The molecule has 3 nitrogen and oxygen atoms in total. The lowest BCUT2D eigenvalue weighted by Gasteiger charge is -2.17. The Labute approximate surface area is 123 Å². The molecule has 1 unspecified atom stereocenters. The van der Waals surface area contributed by atoms with E-state index in [1.54, 1.807) is 11.3 Å². The summed E-state index contributed by atoms with van der Waals surface area (Å²) < 4.78 is 5.77. The van der Waals surface area contributed by atoms with E-state index in [1.165, 1.54) is 10.4 Å². The van der Waals surface area contributed by atoms with Crippen LogP contribution < -0.4 is 10.5 Å². The normalized spacial score (nSPS) is 17.9. The van der Waals surface area contributed by atoms with Gasteiger partial charge in [-0.15, -0.1) is 11.3 Å². The van der Waals surface area contributed by atoms with Gasteiger partial charge in [0.15, 0.2) is 0 Å². The van der Waals surface area contributed by atoms with Gasteiger partial charge in [0.25, 0.3) is 0 Å². The summed E-state index contributed by atoms with van der Waals surface area (Å²) in [5, 5.41) is 1.13. The van der Waals surface area contributed by atoms with Gasteiger partial charge in [0.1, 0.15) is 17.4 Å². The van der Waals surface area contributed by atoms with E-state index in [0.29, 0.717) is 13.2 Å². The third-order valence-corrected chi connectivity index (χ3v) is 4.80. The Morgan fingerprint density at radius 2 is 2.10 bits per heavy atom. The minimum absolute atomic E-state index is 0.0302. The smallest absolute Gasteiger partial charge is 0.123 e. The van der Waals surface area contributed by atoms with Crippen LogP contribution in [0, 0.1) is 0 Å². The maximum Gasteiger partial charge on any atom is 0.123 e. The van der Waals surface area contributed by atoms with Gasteiger partial charge in [-0.2, -0.15) is 0 Å². The number of para-hydroxylation sites is 1. The van der Waals surface area contributed by atoms with Crippen molar-refractivity contribution in [3.63, 3.8) is 0 Å². The lowest BCUT2D eigenvalue weighted by Crippen LogP contribution is -2.15. The lowest BCUT2D eigenvalue weighted by molar-refractivity contribution is 0.342. The molecule has 0 bridgehead atoms. The molecular weight excluding hydrogens is 268 g/mol. The molecule has 4 heteroatoms. The number of rotatable bonds is 2. The van der Waals surface area contributed by atoms with E-state index in [9.17, 15) is 0 Å². The largest absolute Gasteiger partial charge is 0.492 e. The molecule has 1 atom stereocenters. The van der Waals surface area contributed by atoms with E-state index in [2.05, 4.69) is 32.9 Å². The number of nitrogens with two attached hydrogens (primary N) is 1. The van der Waals surface area contributed by atoms with E-state index in [4.69, 9.17) is 15.5 Å². The van der Waals surface area contributed by atoms with Crippen LogP contribution in [-0.4, -0.2) is 11.6 Å². The second-order valence-electron chi connectivity index (χ2n) is 6.18. The molecule has 1 aromatic heterocycles. The van der Waals surface area contributed by atoms with Gasteiger partial charge in [-0.1, -0.05) is 39.0 Å². The van der Waals surface area contributed by atoms with Gasteiger partial charge in [0.05, 0.1) is 11.6 Å². The van der Waals surface area contributed by atoms with Crippen LogP contribution in [-0.2, 0) is 12.0 Å². The molecule has 0 amide bonds. The van der Waals surface area contributed by atoms with Crippen molar-refractivity contribution in [1.82, 2.24) is 4.98 Å². The highest BCUT2D eigenvalue weighted by atomic mass is 32.1. The summed E-state index contributed by atoms with van der Waals surface area (Å²) in [4.78, 5) is 6.08. The molecule has 1 aromatic carbocycles. The van der Waals surface area contributed by atoms with Gasteiger partial charge in [0.2, 0.25) is 0 Å². The number of hydrogen-bond acceptors (Lipinski definition) is 4. The topological polar surface area (TPSA) is 48.1 Å². The highest BCUT2D eigenvalue weighted by molar-refractivity contribution is 7.11. The summed E-state index contributed by atoms with van der Waals surface area (Å²) in [6.07, 6.45) is 0. The minimum atomic E-state index is 0.0302. The predicted molar refractivity (Wildman–Crippen MR) is 82.5 cm³/mol. The van der Waals surface area contributed by atoms with Crippen LogP contribution in [0.15, 0.2) is 24.3 Å². The number of hydrogen-bond donors (Lipinski definition) is 1. The number of fused-ring (bicyclic) bond motifs is 1. The van der Waals surface area contributed by atoms with E-state index < -0.39 is 0 Å². The molecule has 0 fully saturated rings. The van der Waals surface area contributed by atoms with E-state index in [0.717, 1.165) is 16.5 Å². The molecule has 1 aliphatic heterocycles. The first-order valence-electron chi connectivity index (χ1n) is 6.92. The van der Waals surface area contributed by atoms with Crippen molar-refractivity contribution >= 4 is 11.3 Å². The molecule has 0 aliphatic carbocycles. The number of nitrogens with zero attached hydrogens (tertiary/aromatic N) is 1. The van der Waals surface area contributed by atoms with E-state index in [1.807, 2.05) is 12.1 Å². The molecule has 2 N–H and O–H groups in total. The highest BCUT2D eigenvalue weighted by Crippen LogP contribution is 2.41. The van der Waals surface area contributed by atoms with Crippen molar-refractivity contribution in [3.8, 4) is 5.75 Å². The lowest BCUT2D eigenvalue weighted by atomic mass is 9.91. The average Bonchev–Trinajstić information content (AvgIpc) is 3.01. The quantitative estimate of drug-likeness (QED) is 0.921. The molecule has 0 radical (unpaired) electrons. The van der Waals surface area contributed by atoms with Crippen molar-refractivity contribution in [2.24, 2.45) is 5.73 Å². The standard InChI is InChI=1S/C16H20N2OS/c1-16(2,3)14-13(8-17)20-15(18-14)11-9-19-12-7-5-4-6-10(11)12/h4-7,11H,8-9,17H2,1-3H3. The zero-order chi connectivity index (χ0) is 14.3. The third-order valence-electron chi connectivity index (χ3n) is 3.61. The molecule has 2 heterocycles. The maximum atomic E-state index is 5.89. The fourth-order valence-corrected chi connectivity index (χ4v) is 3.87. The zero-order valence-electron chi connectivity index (χ0n) is 12.1. The Hall–Kier alpha value is -1.39. The first kappa shape index (κ1) is 13.6. The summed E-state index contributed by atoms with van der Waals surface area (Å²) in [5.41, 5.74) is 8.29. The summed E-state index contributed by atoms with van der Waals surface area (Å²) in [6, 6.07) is 8.22. The molecule has 0 spiro atoms. The molecule has 2 aromatic rings. The first-order chi connectivity index (χ1) is 9.50. The second kappa shape index (κ2) is 4.86. The molecular formula is C16H20N2OS. The molecule has 106 valence electrons. The summed E-state index contributed by atoms with van der Waals surface area (Å²) in [7, 11) is 0. The summed E-state index contributed by atoms with van der Waals surface area (Å²) in [5.74, 6) is 1.23. The zero-order valence-corrected chi connectivity index (χ0v) is 13.0. The maximum absolute atomic E-state index is 5.89. The number of aromatic nitrogens is 1. The van der Waals surface area contributed by atoms with Crippen LogP contribution in [0.4, 0.5) is 0 Å². The Morgan fingerprint density at radius 3 is 2.75 bits per heavy atom. The van der Waals surface area contributed by atoms with Crippen LogP contribution in [0.2, 0.25) is 0 Å². The van der Waals surface area contributed by atoms with Crippen molar-refractivity contribution < 1.29 is 4.74 Å². The third kappa shape index (κ3) is 2.23. The average molecular weight is 288 g/mol. The van der Waals surface area contributed by atoms with Gasteiger partial charge in [0, 0.05) is 22.4 Å². The Morgan fingerprint density at radius 1 is 1.35 bits per heavy atom. The first-order valence-corrected chi connectivity index (χ1v) is 7.74. The second-order valence-corrected chi connectivity index (χ2v) is 7.29. The number of benzene rings is 1. The Kier molecular flexibility index (Phi) is 3.30.